The van der Waals surface area contributed by atoms with Gasteiger partial charge in [-0.3, -0.25) is 4.90 Å². The molecular formula is C12H17Cl2NO2. The van der Waals surface area contributed by atoms with E-state index in [1.54, 1.807) is 13.2 Å². The predicted octanol–water partition coefficient (Wildman–Crippen LogP) is 2.43. The van der Waals surface area contributed by atoms with Gasteiger partial charge in [-0.15, -0.1) is 0 Å². The summed E-state index contributed by atoms with van der Waals surface area (Å²) in [5, 5.41) is 10.1. The Balaban J connectivity index is 2.67. The summed E-state index contributed by atoms with van der Waals surface area (Å²) in [6.07, 6.45) is 0. The summed E-state index contributed by atoms with van der Waals surface area (Å²) in [5.74, 6) is 0. The van der Waals surface area contributed by atoms with Crippen molar-refractivity contribution in [2.24, 2.45) is 0 Å². The number of benzene rings is 1. The molecule has 5 heteroatoms. The third-order valence-electron chi connectivity index (χ3n) is 2.45. The molecule has 0 spiro atoms. The Morgan fingerprint density at radius 1 is 1.29 bits per heavy atom. The van der Waals surface area contributed by atoms with Gasteiger partial charge in [0.1, 0.15) is 0 Å². The molecule has 0 aliphatic carbocycles. The maximum Gasteiger partial charge on any atom is 0.0637 e. The van der Waals surface area contributed by atoms with Crippen LogP contribution in [-0.2, 0) is 11.3 Å². The van der Waals surface area contributed by atoms with Gasteiger partial charge in [-0.1, -0.05) is 35.3 Å². The Bertz CT molecular complexity index is 347. The number of halogens is 2. The number of hydrogen-bond acceptors (Lipinski definition) is 3. The molecule has 1 N–H and O–H groups in total. The first-order chi connectivity index (χ1) is 8.19. The van der Waals surface area contributed by atoms with Crippen LogP contribution in [0.25, 0.3) is 0 Å². The molecule has 1 aromatic rings. The predicted molar refractivity (Wildman–Crippen MR) is 70.7 cm³/mol. The van der Waals surface area contributed by atoms with Crippen LogP contribution >= 0.6 is 23.2 Å². The molecule has 0 aliphatic heterocycles. The Labute approximate surface area is 112 Å². The number of rotatable bonds is 7. The zero-order valence-corrected chi connectivity index (χ0v) is 11.3. The lowest BCUT2D eigenvalue weighted by Gasteiger charge is -2.21. The van der Waals surface area contributed by atoms with Crippen LogP contribution in [0.3, 0.4) is 0 Å². The third-order valence-corrected chi connectivity index (χ3v) is 3.31. The maximum atomic E-state index is 9.00. The molecule has 0 aliphatic rings. The van der Waals surface area contributed by atoms with Gasteiger partial charge in [0.25, 0.3) is 0 Å². The van der Waals surface area contributed by atoms with E-state index in [4.69, 9.17) is 33.0 Å². The highest BCUT2D eigenvalue weighted by Crippen LogP contribution is 2.26. The van der Waals surface area contributed by atoms with Gasteiger partial charge < -0.3 is 9.84 Å². The number of hydrogen-bond donors (Lipinski definition) is 1. The molecule has 1 aromatic carbocycles. The van der Waals surface area contributed by atoms with Gasteiger partial charge in [0, 0.05) is 26.7 Å². The Hall–Kier alpha value is -0.320. The van der Waals surface area contributed by atoms with Crippen LogP contribution in [0.5, 0.6) is 0 Å². The van der Waals surface area contributed by atoms with Gasteiger partial charge in [-0.2, -0.15) is 0 Å². The first-order valence-electron chi connectivity index (χ1n) is 5.44. The Morgan fingerprint density at radius 3 is 2.71 bits per heavy atom. The van der Waals surface area contributed by atoms with E-state index in [0.29, 0.717) is 29.7 Å². The molecule has 0 saturated carbocycles. The fourth-order valence-electron chi connectivity index (χ4n) is 1.54. The summed E-state index contributed by atoms with van der Waals surface area (Å²) in [5.41, 5.74) is 0.962. The van der Waals surface area contributed by atoms with Gasteiger partial charge in [-0.25, -0.2) is 0 Å². The van der Waals surface area contributed by atoms with Crippen LogP contribution in [0.1, 0.15) is 5.56 Å². The van der Waals surface area contributed by atoms with Crippen molar-refractivity contribution in [3.05, 3.63) is 33.8 Å². The van der Waals surface area contributed by atoms with Crippen LogP contribution in [0.15, 0.2) is 18.2 Å². The number of ether oxygens (including phenoxy) is 1. The molecule has 0 bridgehead atoms. The fraction of sp³-hybridized carbons (Fsp3) is 0.500. The largest absolute Gasteiger partial charge is 0.395 e. The van der Waals surface area contributed by atoms with Crippen molar-refractivity contribution in [2.45, 2.75) is 6.54 Å². The molecule has 0 saturated heterocycles. The molecule has 0 radical (unpaired) electrons. The highest BCUT2D eigenvalue weighted by atomic mass is 35.5. The highest BCUT2D eigenvalue weighted by molar-refractivity contribution is 6.42. The molecule has 3 nitrogen and oxygen atoms in total. The standard InChI is InChI=1S/C12H17Cl2NO2/c1-17-8-6-15(5-7-16)9-10-3-2-4-11(13)12(10)14/h2-4,16H,5-9H2,1H3. The minimum atomic E-state index is 0.113. The van der Waals surface area contributed by atoms with E-state index < -0.39 is 0 Å². The van der Waals surface area contributed by atoms with E-state index in [9.17, 15) is 0 Å². The topological polar surface area (TPSA) is 32.7 Å². The summed E-state index contributed by atoms with van der Waals surface area (Å²) >= 11 is 12.1. The van der Waals surface area contributed by atoms with Crippen LogP contribution < -0.4 is 0 Å². The summed E-state index contributed by atoms with van der Waals surface area (Å²) in [6, 6.07) is 5.57. The molecule has 0 heterocycles. The quantitative estimate of drug-likeness (QED) is 0.831. The van der Waals surface area contributed by atoms with Crippen molar-refractivity contribution in [1.82, 2.24) is 4.90 Å². The molecule has 0 amide bonds. The van der Waals surface area contributed by atoms with Crippen molar-refractivity contribution < 1.29 is 9.84 Å². The lowest BCUT2D eigenvalue weighted by atomic mass is 10.2. The molecule has 0 aromatic heterocycles. The number of aliphatic hydroxyl groups excluding tert-OH is 1. The first-order valence-corrected chi connectivity index (χ1v) is 6.19. The van der Waals surface area contributed by atoms with Crippen LogP contribution in [0.2, 0.25) is 10.0 Å². The first kappa shape index (κ1) is 14.7. The molecule has 0 fully saturated rings. The van der Waals surface area contributed by atoms with Crippen molar-refractivity contribution in [3.8, 4) is 0 Å². The van der Waals surface area contributed by atoms with Crippen LogP contribution in [-0.4, -0.2) is 43.4 Å². The molecule has 1 rings (SSSR count). The van der Waals surface area contributed by atoms with Gasteiger partial charge in [0.15, 0.2) is 0 Å². The van der Waals surface area contributed by atoms with Gasteiger partial charge in [0.2, 0.25) is 0 Å². The van der Waals surface area contributed by atoms with Gasteiger partial charge >= 0.3 is 0 Å². The summed E-state index contributed by atoms with van der Waals surface area (Å²) < 4.78 is 5.03. The van der Waals surface area contributed by atoms with Crippen molar-refractivity contribution in [2.75, 3.05) is 33.4 Å². The highest BCUT2D eigenvalue weighted by Gasteiger charge is 2.09. The molecule has 0 atom stereocenters. The fourth-order valence-corrected chi connectivity index (χ4v) is 1.92. The molecular weight excluding hydrogens is 261 g/mol. The van der Waals surface area contributed by atoms with Crippen LogP contribution in [0.4, 0.5) is 0 Å². The van der Waals surface area contributed by atoms with Crippen molar-refractivity contribution in [1.29, 1.82) is 0 Å². The number of nitrogens with zero attached hydrogens (tertiary/aromatic N) is 1. The number of methoxy groups -OCH3 is 1. The van der Waals surface area contributed by atoms with Gasteiger partial charge in [0.05, 0.1) is 23.3 Å². The molecule has 17 heavy (non-hydrogen) atoms. The minimum absolute atomic E-state index is 0.113. The zero-order valence-electron chi connectivity index (χ0n) is 9.83. The third kappa shape index (κ3) is 4.82. The molecule has 96 valence electrons. The zero-order chi connectivity index (χ0) is 12.7. The van der Waals surface area contributed by atoms with E-state index in [-0.39, 0.29) is 6.61 Å². The monoisotopic (exact) mass is 277 g/mol. The SMILES string of the molecule is COCCN(CCO)Cc1cccc(Cl)c1Cl. The number of aliphatic hydroxyl groups is 1. The van der Waals surface area contributed by atoms with Gasteiger partial charge in [-0.05, 0) is 11.6 Å². The summed E-state index contributed by atoms with van der Waals surface area (Å²) in [4.78, 5) is 2.07. The lowest BCUT2D eigenvalue weighted by molar-refractivity contribution is 0.127. The maximum absolute atomic E-state index is 9.00. The van der Waals surface area contributed by atoms with Crippen molar-refractivity contribution in [3.63, 3.8) is 0 Å². The van der Waals surface area contributed by atoms with E-state index in [1.165, 1.54) is 0 Å². The lowest BCUT2D eigenvalue weighted by Crippen LogP contribution is -2.29. The van der Waals surface area contributed by atoms with E-state index in [2.05, 4.69) is 4.90 Å². The Morgan fingerprint density at radius 2 is 2.06 bits per heavy atom. The summed E-state index contributed by atoms with van der Waals surface area (Å²) in [6.45, 7) is 2.73. The second kappa shape index (κ2) is 7.90. The smallest absolute Gasteiger partial charge is 0.0637 e. The van der Waals surface area contributed by atoms with Crippen LogP contribution in [0, 0.1) is 0 Å². The minimum Gasteiger partial charge on any atom is -0.395 e. The molecule has 0 unspecified atom stereocenters. The summed E-state index contributed by atoms with van der Waals surface area (Å²) in [7, 11) is 1.66. The average molecular weight is 278 g/mol. The second-order valence-electron chi connectivity index (χ2n) is 3.71. The normalized spacial score (nSPS) is 11.1. The van der Waals surface area contributed by atoms with E-state index in [0.717, 1.165) is 12.1 Å². The Kier molecular flexibility index (Phi) is 6.85. The average Bonchev–Trinajstić information content (AvgIpc) is 2.32. The second-order valence-corrected chi connectivity index (χ2v) is 4.49. The van der Waals surface area contributed by atoms with E-state index >= 15 is 0 Å². The van der Waals surface area contributed by atoms with E-state index in [1.807, 2.05) is 12.1 Å². The van der Waals surface area contributed by atoms with Crippen molar-refractivity contribution >= 4 is 23.2 Å².